The Morgan fingerprint density at radius 1 is 1.34 bits per heavy atom. The van der Waals surface area contributed by atoms with Crippen molar-refractivity contribution in [3.05, 3.63) is 41.9 Å². The first-order valence-corrected chi connectivity index (χ1v) is 10.1. The molecule has 2 aromatic heterocycles. The van der Waals surface area contributed by atoms with Crippen molar-refractivity contribution in [3.8, 4) is 5.75 Å². The lowest BCUT2D eigenvalue weighted by Gasteiger charge is -2.32. The van der Waals surface area contributed by atoms with Crippen LogP contribution in [0.1, 0.15) is 37.1 Å². The van der Waals surface area contributed by atoms with Crippen LogP contribution < -0.4 is 15.0 Å². The summed E-state index contributed by atoms with van der Waals surface area (Å²) in [5.41, 5.74) is 1.94. The molecule has 2 atom stereocenters. The molecule has 0 amide bonds. The van der Waals surface area contributed by atoms with Gasteiger partial charge in [-0.05, 0) is 50.8 Å². The molecule has 1 fully saturated rings. The van der Waals surface area contributed by atoms with Gasteiger partial charge in [-0.2, -0.15) is 0 Å². The summed E-state index contributed by atoms with van der Waals surface area (Å²) >= 11 is 0. The minimum Gasteiger partial charge on any atom is -0.497 e. The fraction of sp³-hybridized carbons (Fsp3) is 0.455. The molecule has 0 spiro atoms. The van der Waals surface area contributed by atoms with Crippen LogP contribution in [0.2, 0.25) is 0 Å². The Hall–Kier alpha value is -2.80. The summed E-state index contributed by atoms with van der Waals surface area (Å²) in [5, 5.41) is 14.0. The zero-order valence-electron chi connectivity index (χ0n) is 17.2. The molecule has 7 nitrogen and oxygen atoms in total. The van der Waals surface area contributed by atoms with Crippen molar-refractivity contribution >= 4 is 22.6 Å². The van der Waals surface area contributed by atoms with Gasteiger partial charge in [0.2, 0.25) is 0 Å². The van der Waals surface area contributed by atoms with Gasteiger partial charge in [0, 0.05) is 36.7 Å². The van der Waals surface area contributed by atoms with E-state index in [4.69, 9.17) is 9.15 Å². The van der Waals surface area contributed by atoms with Gasteiger partial charge >= 0.3 is 0 Å². The van der Waals surface area contributed by atoms with Crippen LogP contribution in [0.5, 0.6) is 5.75 Å². The summed E-state index contributed by atoms with van der Waals surface area (Å²) in [4.78, 5) is 11.1. The van der Waals surface area contributed by atoms with E-state index >= 15 is 0 Å². The molecule has 2 unspecified atom stereocenters. The third kappa shape index (κ3) is 4.00. The molecule has 1 aliphatic heterocycles. The first-order valence-electron chi connectivity index (χ1n) is 10.1. The summed E-state index contributed by atoms with van der Waals surface area (Å²) in [6.45, 7) is 6.12. The van der Waals surface area contributed by atoms with Gasteiger partial charge in [0.1, 0.15) is 35.1 Å². The van der Waals surface area contributed by atoms with E-state index in [1.807, 2.05) is 24.3 Å². The zero-order chi connectivity index (χ0) is 20.4. The maximum atomic E-state index is 9.48. The standard InChI is InChI=1S/C22H28N4O3/c1-14-18-9-17(28-3)6-7-19(18)29-22(14)15(2)25-20-10-21(24-13-23-20)26-8-4-5-16(11-26)12-27/h6-7,9-10,13,15-16,27H,4-5,8,11-12H2,1-3H3,(H,23,24,25). The van der Waals surface area contributed by atoms with Crippen molar-refractivity contribution in [2.24, 2.45) is 5.92 Å². The number of methoxy groups -OCH3 is 1. The van der Waals surface area contributed by atoms with Gasteiger partial charge in [-0.3, -0.25) is 0 Å². The highest BCUT2D eigenvalue weighted by Gasteiger charge is 2.22. The normalized spacial score (nSPS) is 18.1. The predicted octanol–water partition coefficient (Wildman–Crippen LogP) is 3.92. The molecule has 7 heteroatoms. The minimum absolute atomic E-state index is 0.0531. The summed E-state index contributed by atoms with van der Waals surface area (Å²) in [6.07, 6.45) is 3.72. The minimum atomic E-state index is -0.0531. The average molecular weight is 396 g/mol. The number of hydrogen-bond acceptors (Lipinski definition) is 7. The third-order valence-corrected chi connectivity index (χ3v) is 5.69. The number of aliphatic hydroxyl groups excluding tert-OH is 1. The van der Waals surface area contributed by atoms with Crippen LogP contribution in [0, 0.1) is 12.8 Å². The highest BCUT2D eigenvalue weighted by atomic mass is 16.5. The van der Waals surface area contributed by atoms with E-state index in [2.05, 4.69) is 34.0 Å². The molecular formula is C22H28N4O3. The fourth-order valence-corrected chi connectivity index (χ4v) is 4.07. The van der Waals surface area contributed by atoms with Crippen LogP contribution in [-0.4, -0.2) is 41.9 Å². The van der Waals surface area contributed by atoms with E-state index in [1.165, 1.54) is 0 Å². The average Bonchev–Trinajstić information content (AvgIpc) is 3.10. The molecular weight excluding hydrogens is 368 g/mol. The Bertz CT molecular complexity index is 987. The van der Waals surface area contributed by atoms with E-state index < -0.39 is 0 Å². The van der Waals surface area contributed by atoms with Gasteiger partial charge in [0.15, 0.2) is 0 Å². The Labute approximate surface area is 170 Å². The molecule has 1 aromatic carbocycles. The van der Waals surface area contributed by atoms with E-state index in [0.717, 1.165) is 65.6 Å². The van der Waals surface area contributed by atoms with Crippen LogP contribution >= 0.6 is 0 Å². The number of aryl methyl sites for hydroxylation is 1. The topological polar surface area (TPSA) is 83.7 Å². The molecule has 0 aliphatic carbocycles. The van der Waals surface area contributed by atoms with Crippen LogP contribution in [0.3, 0.4) is 0 Å². The van der Waals surface area contributed by atoms with Crippen molar-refractivity contribution in [1.82, 2.24) is 9.97 Å². The second-order valence-corrected chi connectivity index (χ2v) is 7.72. The number of hydrogen-bond donors (Lipinski definition) is 2. The van der Waals surface area contributed by atoms with Gasteiger partial charge in [0.25, 0.3) is 0 Å². The smallest absolute Gasteiger partial charge is 0.134 e. The second kappa shape index (κ2) is 8.29. The van der Waals surface area contributed by atoms with Gasteiger partial charge in [-0.25, -0.2) is 9.97 Å². The number of aliphatic hydroxyl groups is 1. The fourth-order valence-electron chi connectivity index (χ4n) is 4.07. The number of ether oxygens (including phenoxy) is 1. The van der Waals surface area contributed by atoms with Crippen molar-refractivity contribution < 1.29 is 14.3 Å². The molecule has 0 saturated carbocycles. The maximum absolute atomic E-state index is 9.48. The first-order chi connectivity index (χ1) is 14.1. The van der Waals surface area contributed by atoms with Gasteiger partial charge in [0.05, 0.1) is 13.2 Å². The SMILES string of the molecule is COc1ccc2oc(C(C)Nc3cc(N4CCCC(CO)C4)ncn3)c(C)c2c1. The number of fused-ring (bicyclic) bond motifs is 1. The molecule has 3 aromatic rings. The maximum Gasteiger partial charge on any atom is 0.134 e. The lowest BCUT2D eigenvalue weighted by molar-refractivity contribution is 0.208. The number of nitrogens with zero attached hydrogens (tertiary/aromatic N) is 3. The van der Waals surface area contributed by atoms with Gasteiger partial charge in [-0.1, -0.05) is 0 Å². The van der Waals surface area contributed by atoms with Crippen molar-refractivity contribution in [1.29, 1.82) is 0 Å². The molecule has 0 radical (unpaired) electrons. The molecule has 3 heterocycles. The number of furan rings is 1. The number of nitrogens with one attached hydrogen (secondary N) is 1. The molecule has 1 saturated heterocycles. The monoisotopic (exact) mass is 396 g/mol. The van der Waals surface area contributed by atoms with Crippen LogP contribution in [0.4, 0.5) is 11.6 Å². The third-order valence-electron chi connectivity index (χ3n) is 5.69. The lowest BCUT2D eigenvalue weighted by atomic mass is 9.99. The number of anilines is 2. The largest absolute Gasteiger partial charge is 0.497 e. The number of rotatable bonds is 6. The first kappa shape index (κ1) is 19.5. The molecule has 2 N–H and O–H groups in total. The Morgan fingerprint density at radius 3 is 3.00 bits per heavy atom. The Kier molecular flexibility index (Phi) is 5.58. The molecule has 1 aliphatic rings. The predicted molar refractivity (Wildman–Crippen MR) is 114 cm³/mol. The van der Waals surface area contributed by atoms with Crippen molar-refractivity contribution in [2.45, 2.75) is 32.7 Å². The van der Waals surface area contributed by atoms with E-state index in [0.29, 0.717) is 5.92 Å². The molecule has 4 rings (SSSR count). The highest BCUT2D eigenvalue weighted by molar-refractivity contribution is 5.83. The lowest BCUT2D eigenvalue weighted by Crippen LogP contribution is -2.37. The summed E-state index contributed by atoms with van der Waals surface area (Å²) in [7, 11) is 1.67. The summed E-state index contributed by atoms with van der Waals surface area (Å²) in [5.74, 6) is 3.65. The van der Waals surface area contributed by atoms with Crippen molar-refractivity contribution in [2.75, 3.05) is 37.0 Å². The Balaban J connectivity index is 1.53. The Morgan fingerprint density at radius 2 is 2.21 bits per heavy atom. The van der Waals surface area contributed by atoms with Crippen LogP contribution in [-0.2, 0) is 0 Å². The van der Waals surface area contributed by atoms with Gasteiger partial charge < -0.3 is 24.5 Å². The van der Waals surface area contributed by atoms with Crippen LogP contribution in [0.15, 0.2) is 35.0 Å². The molecule has 29 heavy (non-hydrogen) atoms. The molecule has 0 bridgehead atoms. The highest BCUT2D eigenvalue weighted by Crippen LogP contribution is 2.33. The van der Waals surface area contributed by atoms with Crippen LogP contribution in [0.25, 0.3) is 11.0 Å². The van der Waals surface area contributed by atoms with Crippen molar-refractivity contribution in [3.63, 3.8) is 0 Å². The molecule has 154 valence electrons. The van der Waals surface area contributed by atoms with E-state index in [-0.39, 0.29) is 12.6 Å². The van der Waals surface area contributed by atoms with E-state index in [9.17, 15) is 5.11 Å². The van der Waals surface area contributed by atoms with Gasteiger partial charge in [-0.15, -0.1) is 0 Å². The van der Waals surface area contributed by atoms with E-state index in [1.54, 1.807) is 13.4 Å². The zero-order valence-corrected chi connectivity index (χ0v) is 17.2. The number of aromatic nitrogens is 2. The number of benzene rings is 1. The summed E-state index contributed by atoms with van der Waals surface area (Å²) in [6, 6.07) is 7.76. The number of piperidine rings is 1. The quantitative estimate of drug-likeness (QED) is 0.653. The second-order valence-electron chi connectivity index (χ2n) is 7.72. The summed E-state index contributed by atoms with van der Waals surface area (Å²) < 4.78 is 11.4.